The molecule has 0 bridgehead atoms. The molecule has 1 aromatic heterocycles. The molecule has 0 amide bonds. The predicted molar refractivity (Wildman–Crippen MR) is 111 cm³/mol. The van der Waals surface area contributed by atoms with Crippen LogP contribution in [0.25, 0.3) is 0 Å². The highest BCUT2D eigenvalue weighted by atomic mass is 28.3. The van der Waals surface area contributed by atoms with Crippen LogP contribution in [0.5, 0.6) is 11.5 Å². The molecule has 9 heteroatoms. The van der Waals surface area contributed by atoms with Gasteiger partial charge in [-0.15, -0.1) is 0 Å². The minimum absolute atomic E-state index is 0.00324. The lowest BCUT2D eigenvalue weighted by atomic mass is 10.0. The van der Waals surface area contributed by atoms with Crippen LogP contribution >= 0.6 is 0 Å². The van der Waals surface area contributed by atoms with Crippen LogP contribution in [0.2, 0.25) is 25.7 Å². The summed E-state index contributed by atoms with van der Waals surface area (Å²) in [6, 6.07) is 8.78. The second-order valence-electron chi connectivity index (χ2n) is 8.09. The number of ketones is 1. The first-order chi connectivity index (χ1) is 14.2. The maximum absolute atomic E-state index is 12.8. The van der Waals surface area contributed by atoms with E-state index in [0.29, 0.717) is 29.4 Å². The third-order valence-electron chi connectivity index (χ3n) is 4.45. The first-order valence-corrected chi connectivity index (χ1v) is 13.3. The molecular formula is C21H25NO7Si. The summed E-state index contributed by atoms with van der Waals surface area (Å²) in [4.78, 5) is 28.6. The maximum atomic E-state index is 12.8. The fourth-order valence-electron chi connectivity index (χ4n) is 2.76. The summed E-state index contributed by atoms with van der Waals surface area (Å²) >= 11 is 0. The second-order valence-corrected chi connectivity index (χ2v) is 13.7. The molecular weight excluding hydrogens is 406 g/mol. The smallest absolute Gasteiger partial charge is 0.355 e. The number of carboxylic acids is 1. The van der Waals surface area contributed by atoms with E-state index in [9.17, 15) is 14.7 Å². The fourth-order valence-corrected chi connectivity index (χ4v) is 3.52. The number of rotatable bonds is 10. The fraction of sp³-hybridized carbons (Fsp3) is 0.381. The zero-order valence-electron chi connectivity index (χ0n) is 17.3. The largest absolute Gasteiger partial charge is 0.476 e. The van der Waals surface area contributed by atoms with Crippen molar-refractivity contribution in [2.24, 2.45) is 0 Å². The molecule has 30 heavy (non-hydrogen) atoms. The molecule has 1 N–H and O–H groups in total. The van der Waals surface area contributed by atoms with Gasteiger partial charge in [0.2, 0.25) is 6.79 Å². The lowest BCUT2D eigenvalue weighted by Crippen LogP contribution is -2.22. The van der Waals surface area contributed by atoms with Gasteiger partial charge in [0, 0.05) is 20.2 Å². The summed E-state index contributed by atoms with van der Waals surface area (Å²) in [7, 11) is -1.16. The quantitative estimate of drug-likeness (QED) is 0.263. The zero-order chi connectivity index (χ0) is 21.7. The van der Waals surface area contributed by atoms with Crippen molar-refractivity contribution in [3.8, 4) is 11.5 Å². The Morgan fingerprint density at radius 2 is 1.87 bits per heavy atom. The Kier molecular flexibility index (Phi) is 6.86. The zero-order valence-corrected chi connectivity index (χ0v) is 18.3. The van der Waals surface area contributed by atoms with Crippen LogP contribution in [-0.2, 0) is 16.1 Å². The molecule has 3 rings (SSSR count). The summed E-state index contributed by atoms with van der Waals surface area (Å²) in [5.41, 5.74) is 0.377. The van der Waals surface area contributed by atoms with Crippen LogP contribution in [0.1, 0.15) is 32.1 Å². The number of pyridine rings is 1. The molecule has 160 valence electrons. The van der Waals surface area contributed by atoms with Crippen LogP contribution in [0.3, 0.4) is 0 Å². The molecule has 0 saturated heterocycles. The number of fused-ring (bicyclic) bond motifs is 1. The highest BCUT2D eigenvalue weighted by molar-refractivity contribution is 6.76. The lowest BCUT2D eigenvalue weighted by Gasteiger charge is -2.15. The van der Waals surface area contributed by atoms with Crippen molar-refractivity contribution in [1.82, 2.24) is 4.98 Å². The molecule has 0 saturated carbocycles. The number of hydrogen-bond acceptors (Lipinski definition) is 7. The Labute approximate surface area is 175 Å². The van der Waals surface area contributed by atoms with Gasteiger partial charge in [0.25, 0.3) is 0 Å². The van der Waals surface area contributed by atoms with E-state index in [4.69, 9.17) is 18.9 Å². The molecule has 0 aliphatic carbocycles. The maximum Gasteiger partial charge on any atom is 0.355 e. The van der Waals surface area contributed by atoms with Crippen molar-refractivity contribution in [3.63, 3.8) is 0 Å². The van der Waals surface area contributed by atoms with Gasteiger partial charge in [-0.2, -0.15) is 0 Å². The average molecular weight is 432 g/mol. The normalized spacial score (nSPS) is 12.8. The number of carbonyl (C=O) groups excluding carboxylic acids is 1. The molecule has 0 atom stereocenters. The Morgan fingerprint density at radius 1 is 1.10 bits per heavy atom. The van der Waals surface area contributed by atoms with E-state index < -0.39 is 19.8 Å². The molecule has 0 radical (unpaired) electrons. The number of ether oxygens (including phenoxy) is 4. The molecule has 1 aliphatic rings. The third kappa shape index (κ3) is 5.65. The van der Waals surface area contributed by atoms with Gasteiger partial charge in [0.05, 0.1) is 17.9 Å². The van der Waals surface area contributed by atoms with Gasteiger partial charge in [0.15, 0.2) is 23.0 Å². The monoisotopic (exact) mass is 431 g/mol. The summed E-state index contributed by atoms with van der Waals surface area (Å²) in [6.45, 7) is 7.71. The molecule has 2 heterocycles. The molecule has 0 spiro atoms. The van der Waals surface area contributed by atoms with Crippen molar-refractivity contribution >= 4 is 19.8 Å². The number of aromatic nitrogens is 1. The Balaban J connectivity index is 1.65. The molecule has 2 aromatic rings. The lowest BCUT2D eigenvalue weighted by molar-refractivity contribution is -0.0582. The van der Waals surface area contributed by atoms with E-state index in [0.717, 1.165) is 6.04 Å². The minimum Gasteiger partial charge on any atom is -0.476 e. The van der Waals surface area contributed by atoms with E-state index >= 15 is 0 Å². The number of carboxylic acid groups (broad SMARTS) is 1. The Bertz CT molecular complexity index is 939. The van der Waals surface area contributed by atoms with Crippen LogP contribution in [-0.4, -0.2) is 50.1 Å². The molecule has 8 nitrogen and oxygen atoms in total. The van der Waals surface area contributed by atoms with Crippen molar-refractivity contribution in [1.29, 1.82) is 0 Å². The summed E-state index contributed by atoms with van der Waals surface area (Å²) in [5, 5.41) is 9.54. The summed E-state index contributed by atoms with van der Waals surface area (Å²) in [6.07, 6.45) is 0. The van der Waals surface area contributed by atoms with Gasteiger partial charge >= 0.3 is 5.97 Å². The average Bonchev–Trinajstić information content (AvgIpc) is 3.17. The second kappa shape index (κ2) is 9.37. The minimum atomic E-state index is -1.28. The van der Waals surface area contributed by atoms with Gasteiger partial charge in [0.1, 0.15) is 6.79 Å². The van der Waals surface area contributed by atoms with Crippen molar-refractivity contribution in [2.45, 2.75) is 32.3 Å². The van der Waals surface area contributed by atoms with Crippen LogP contribution < -0.4 is 9.47 Å². The van der Waals surface area contributed by atoms with Crippen molar-refractivity contribution in [3.05, 3.63) is 52.8 Å². The number of carbonyl (C=O) groups is 2. The number of aromatic carboxylic acids is 1. The summed E-state index contributed by atoms with van der Waals surface area (Å²) in [5.74, 6) is -0.750. The van der Waals surface area contributed by atoms with E-state index in [1.54, 1.807) is 18.2 Å². The van der Waals surface area contributed by atoms with Gasteiger partial charge in [-0.05, 0) is 36.4 Å². The van der Waals surface area contributed by atoms with Crippen LogP contribution in [0.15, 0.2) is 30.3 Å². The third-order valence-corrected chi connectivity index (χ3v) is 6.15. The molecule has 0 unspecified atom stereocenters. The topological polar surface area (TPSA) is 104 Å². The predicted octanol–water partition coefficient (Wildman–Crippen LogP) is 3.57. The van der Waals surface area contributed by atoms with E-state index in [2.05, 4.69) is 24.6 Å². The van der Waals surface area contributed by atoms with Crippen LogP contribution in [0.4, 0.5) is 0 Å². The highest BCUT2D eigenvalue weighted by Crippen LogP contribution is 2.33. The SMILES string of the molecule is C[Si](C)(C)CCOCOCc1ccc(C(=O)c2ccc3c(c2)OCO3)c(C(=O)O)n1. The molecule has 0 fully saturated rings. The van der Waals surface area contributed by atoms with Gasteiger partial charge in [-0.1, -0.05) is 19.6 Å². The van der Waals surface area contributed by atoms with Crippen molar-refractivity contribution < 1.29 is 33.6 Å². The standard InChI is InChI=1S/C21H25NO7Si/c1-30(2,3)9-8-26-12-27-11-15-5-6-16(19(22-15)21(24)25)20(23)14-4-7-17-18(10-14)29-13-28-17/h4-7,10H,8-9,11-13H2,1-3H3,(H,24,25). The molecule has 1 aliphatic heterocycles. The van der Waals surface area contributed by atoms with E-state index in [-0.39, 0.29) is 31.5 Å². The molecule has 1 aromatic carbocycles. The number of nitrogens with zero attached hydrogens (tertiary/aromatic N) is 1. The number of benzene rings is 1. The van der Waals surface area contributed by atoms with Crippen LogP contribution in [0, 0.1) is 0 Å². The Hall–Kier alpha value is -2.75. The van der Waals surface area contributed by atoms with Crippen molar-refractivity contribution in [2.75, 3.05) is 20.2 Å². The number of hydrogen-bond donors (Lipinski definition) is 1. The van der Waals surface area contributed by atoms with E-state index in [1.807, 2.05) is 0 Å². The van der Waals surface area contributed by atoms with E-state index in [1.165, 1.54) is 12.1 Å². The highest BCUT2D eigenvalue weighted by Gasteiger charge is 2.23. The first kappa shape index (κ1) is 21.9. The Morgan fingerprint density at radius 3 is 2.60 bits per heavy atom. The van der Waals surface area contributed by atoms with Gasteiger partial charge in [-0.3, -0.25) is 4.79 Å². The van der Waals surface area contributed by atoms with Gasteiger partial charge < -0.3 is 24.1 Å². The first-order valence-electron chi connectivity index (χ1n) is 9.58. The summed E-state index contributed by atoms with van der Waals surface area (Å²) < 4.78 is 21.4. The van der Waals surface area contributed by atoms with Gasteiger partial charge in [-0.25, -0.2) is 9.78 Å².